The van der Waals surface area contributed by atoms with E-state index in [-0.39, 0.29) is 0 Å². The number of nitrogens with zero attached hydrogens (tertiary/aromatic N) is 1. The lowest BCUT2D eigenvalue weighted by Gasteiger charge is -2.45. The maximum Gasteiger partial charge on any atom is 0.0674 e. The zero-order chi connectivity index (χ0) is 12.4. The molecule has 1 heterocycles. The fourth-order valence-corrected chi connectivity index (χ4v) is 3.37. The molecule has 0 bridgehead atoms. The number of rotatable bonds is 2. The van der Waals surface area contributed by atoms with Gasteiger partial charge >= 0.3 is 0 Å². The van der Waals surface area contributed by atoms with E-state index in [4.69, 9.17) is 10.5 Å². The van der Waals surface area contributed by atoms with Crippen LogP contribution >= 0.6 is 0 Å². The van der Waals surface area contributed by atoms with Gasteiger partial charge in [-0.05, 0) is 38.0 Å². The molecule has 4 atom stereocenters. The van der Waals surface area contributed by atoms with Gasteiger partial charge in [0, 0.05) is 25.2 Å². The highest BCUT2D eigenvalue weighted by Gasteiger charge is 2.35. The molecule has 3 nitrogen and oxygen atoms in total. The second-order valence-electron chi connectivity index (χ2n) is 6.22. The van der Waals surface area contributed by atoms with Crippen molar-refractivity contribution in [2.75, 3.05) is 19.7 Å². The first-order valence-electron chi connectivity index (χ1n) is 7.19. The van der Waals surface area contributed by atoms with Gasteiger partial charge in [0.2, 0.25) is 0 Å². The largest absolute Gasteiger partial charge is 0.376 e. The molecule has 0 amide bonds. The molecule has 0 spiro atoms. The molecular weight excluding hydrogens is 212 g/mol. The van der Waals surface area contributed by atoms with Crippen molar-refractivity contribution in [1.82, 2.24) is 4.90 Å². The van der Waals surface area contributed by atoms with Gasteiger partial charge in [-0.3, -0.25) is 4.90 Å². The number of nitrogens with two attached hydrogens (primary N) is 1. The Hall–Kier alpha value is -0.120. The number of hydrogen-bond acceptors (Lipinski definition) is 3. The lowest BCUT2D eigenvalue weighted by Crippen LogP contribution is -2.56. The predicted molar refractivity (Wildman–Crippen MR) is 70.9 cm³/mol. The fraction of sp³-hybridized carbons (Fsp3) is 1.00. The van der Waals surface area contributed by atoms with Crippen molar-refractivity contribution >= 4 is 0 Å². The first-order valence-corrected chi connectivity index (χ1v) is 7.19. The molecule has 17 heavy (non-hydrogen) atoms. The highest BCUT2D eigenvalue weighted by molar-refractivity contribution is 4.91. The van der Waals surface area contributed by atoms with Crippen LogP contribution in [-0.4, -0.2) is 42.8 Å². The molecule has 3 heteroatoms. The van der Waals surface area contributed by atoms with Crippen LogP contribution in [0.2, 0.25) is 0 Å². The minimum absolute atomic E-state index is 0.371. The summed E-state index contributed by atoms with van der Waals surface area (Å²) in [5.74, 6) is 1.65. The van der Waals surface area contributed by atoms with Crippen LogP contribution in [0.1, 0.15) is 40.0 Å². The molecule has 1 saturated heterocycles. The molecule has 0 aromatic rings. The molecule has 2 fully saturated rings. The quantitative estimate of drug-likeness (QED) is 0.800. The van der Waals surface area contributed by atoms with Crippen LogP contribution in [0.25, 0.3) is 0 Å². The third-order valence-corrected chi connectivity index (χ3v) is 4.59. The summed E-state index contributed by atoms with van der Waals surface area (Å²) in [6, 6.07) is 0.956. The third kappa shape index (κ3) is 3.21. The zero-order valence-electron chi connectivity index (χ0n) is 11.6. The third-order valence-electron chi connectivity index (χ3n) is 4.59. The second kappa shape index (κ2) is 5.68. The Bertz CT molecular complexity index is 244. The van der Waals surface area contributed by atoms with Crippen LogP contribution in [-0.2, 0) is 4.74 Å². The first kappa shape index (κ1) is 13.3. The standard InChI is InChI=1S/C14H28N2O/c1-10(2)12-4-5-13(15)14(8-12)16-6-7-17-11(3)9-16/h10-14H,4-9,15H2,1-3H3. The summed E-state index contributed by atoms with van der Waals surface area (Å²) in [6.07, 6.45) is 4.16. The maximum atomic E-state index is 6.34. The Morgan fingerprint density at radius 3 is 2.71 bits per heavy atom. The molecule has 100 valence electrons. The van der Waals surface area contributed by atoms with Crippen LogP contribution in [0.3, 0.4) is 0 Å². The smallest absolute Gasteiger partial charge is 0.0674 e. The topological polar surface area (TPSA) is 38.5 Å². The monoisotopic (exact) mass is 240 g/mol. The molecule has 0 aromatic heterocycles. The summed E-state index contributed by atoms with van der Waals surface area (Å²) in [4.78, 5) is 2.58. The van der Waals surface area contributed by atoms with Crippen LogP contribution in [0.15, 0.2) is 0 Å². The van der Waals surface area contributed by atoms with Crippen molar-refractivity contribution in [2.24, 2.45) is 17.6 Å². The second-order valence-corrected chi connectivity index (χ2v) is 6.22. The summed E-state index contributed by atoms with van der Waals surface area (Å²) in [7, 11) is 0. The van der Waals surface area contributed by atoms with E-state index in [9.17, 15) is 0 Å². The fourth-order valence-electron chi connectivity index (χ4n) is 3.37. The van der Waals surface area contributed by atoms with Crippen molar-refractivity contribution in [3.63, 3.8) is 0 Å². The van der Waals surface area contributed by atoms with Crippen molar-refractivity contribution in [3.05, 3.63) is 0 Å². The molecule has 1 aliphatic heterocycles. The van der Waals surface area contributed by atoms with Crippen LogP contribution in [0.5, 0.6) is 0 Å². The minimum Gasteiger partial charge on any atom is -0.376 e. The van der Waals surface area contributed by atoms with E-state index in [0.29, 0.717) is 18.2 Å². The zero-order valence-corrected chi connectivity index (χ0v) is 11.6. The summed E-state index contributed by atoms with van der Waals surface area (Å²) < 4.78 is 5.63. The summed E-state index contributed by atoms with van der Waals surface area (Å²) in [6.45, 7) is 9.86. The maximum absolute atomic E-state index is 6.34. The lowest BCUT2D eigenvalue weighted by molar-refractivity contribution is -0.0480. The first-order chi connectivity index (χ1) is 8.08. The average molecular weight is 240 g/mol. The summed E-state index contributed by atoms with van der Waals surface area (Å²) in [5.41, 5.74) is 6.34. The van der Waals surface area contributed by atoms with Crippen molar-refractivity contribution in [1.29, 1.82) is 0 Å². The van der Waals surface area contributed by atoms with Gasteiger partial charge in [-0.2, -0.15) is 0 Å². The summed E-state index contributed by atoms with van der Waals surface area (Å²) >= 11 is 0. The van der Waals surface area contributed by atoms with E-state index < -0.39 is 0 Å². The van der Waals surface area contributed by atoms with Gasteiger partial charge in [-0.25, -0.2) is 0 Å². The predicted octanol–water partition coefficient (Wildman–Crippen LogP) is 1.86. The molecule has 0 radical (unpaired) electrons. The lowest BCUT2D eigenvalue weighted by atomic mass is 9.76. The van der Waals surface area contributed by atoms with Gasteiger partial charge in [-0.15, -0.1) is 0 Å². The van der Waals surface area contributed by atoms with E-state index in [1.807, 2.05) is 0 Å². The van der Waals surface area contributed by atoms with Gasteiger partial charge in [-0.1, -0.05) is 13.8 Å². The Morgan fingerprint density at radius 1 is 1.29 bits per heavy atom. The molecular formula is C14H28N2O. The van der Waals surface area contributed by atoms with Gasteiger partial charge < -0.3 is 10.5 Å². The van der Waals surface area contributed by atoms with Crippen molar-refractivity contribution in [3.8, 4) is 0 Å². The molecule has 2 aliphatic rings. The van der Waals surface area contributed by atoms with Crippen LogP contribution < -0.4 is 5.73 Å². The Morgan fingerprint density at radius 2 is 2.06 bits per heavy atom. The van der Waals surface area contributed by atoms with Crippen LogP contribution in [0.4, 0.5) is 0 Å². The molecule has 2 N–H and O–H groups in total. The average Bonchev–Trinajstić information content (AvgIpc) is 2.29. The Balaban J connectivity index is 1.96. The Kier molecular flexibility index (Phi) is 4.45. The summed E-state index contributed by atoms with van der Waals surface area (Å²) in [5, 5.41) is 0. The molecule has 2 rings (SSSR count). The van der Waals surface area contributed by atoms with E-state index in [1.54, 1.807) is 0 Å². The number of hydrogen-bond donors (Lipinski definition) is 1. The highest BCUT2D eigenvalue weighted by Crippen LogP contribution is 2.32. The Labute approximate surface area is 106 Å². The van der Waals surface area contributed by atoms with E-state index in [1.165, 1.54) is 19.3 Å². The highest BCUT2D eigenvalue weighted by atomic mass is 16.5. The van der Waals surface area contributed by atoms with E-state index >= 15 is 0 Å². The van der Waals surface area contributed by atoms with Gasteiger partial charge in [0.15, 0.2) is 0 Å². The molecule has 4 unspecified atom stereocenters. The van der Waals surface area contributed by atoms with Crippen LogP contribution in [0, 0.1) is 11.8 Å². The number of morpholine rings is 1. The molecule has 1 aliphatic carbocycles. The van der Waals surface area contributed by atoms with Gasteiger partial charge in [0.25, 0.3) is 0 Å². The van der Waals surface area contributed by atoms with Gasteiger partial charge in [0.05, 0.1) is 12.7 Å². The molecule has 0 aromatic carbocycles. The molecule has 1 saturated carbocycles. The number of ether oxygens (including phenoxy) is 1. The van der Waals surface area contributed by atoms with Crippen molar-refractivity contribution < 1.29 is 4.74 Å². The van der Waals surface area contributed by atoms with Gasteiger partial charge in [0.1, 0.15) is 0 Å². The minimum atomic E-state index is 0.371. The van der Waals surface area contributed by atoms with E-state index in [2.05, 4.69) is 25.7 Å². The van der Waals surface area contributed by atoms with E-state index in [0.717, 1.165) is 31.5 Å². The normalized spacial score (nSPS) is 40.8. The SMILES string of the molecule is CC1CN(C2CC(C(C)C)CCC2N)CCO1. The van der Waals surface area contributed by atoms with Crippen molar-refractivity contribution in [2.45, 2.75) is 58.2 Å².